The lowest BCUT2D eigenvalue weighted by atomic mass is 9.94. The van der Waals surface area contributed by atoms with Crippen LogP contribution in [0.5, 0.6) is 0 Å². The molecule has 9 heteroatoms. The lowest BCUT2D eigenvalue weighted by Gasteiger charge is -2.17. The molecule has 0 radical (unpaired) electrons. The summed E-state index contributed by atoms with van der Waals surface area (Å²) in [5.41, 5.74) is 15.7. The Labute approximate surface area is 250 Å². The summed E-state index contributed by atoms with van der Waals surface area (Å²) in [6, 6.07) is 13.5. The Balaban J connectivity index is 1.58. The maximum absolute atomic E-state index is 14.3. The number of amides is 1. The fourth-order valence-electron chi connectivity index (χ4n) is 4.74. The van der Waals surface area contributed by atoms with E-state index in [1.54, 1.807) is 55.5 Å². The van der Waals surface area contributed by atoms with Crippen LogP contribution in [0.1, 0.15) is 65.9 Å². The van der Waals surface area contributed by atoms with Crippen LogP contribution >= 0.6 is 22.6 Å². The molecule has 0 aliphatic heterocycles. The molecule has 2 aromatic carbocycles. The largest absolute Gasteiger partial charge is 0.458 e. The average Bonchev–Trinajstić information content (AvgIpc) is 3.77. The van der Waals surface area contributed by atoms with E-state index in [2.05, 4.69) is 11.9 Å². The Bertz CT molecular complexity index is 1750. The molecule has 3 aromatic rings. The van der Waals surface area contributed by atoms with E-state index >= 15 is 0 Å². The van der Waals surface area contributed by atoms with Gasteiger partial charge in [0.1, 0.15) is 26.9 Å². The second kappa shape index (κ2) is 11.9. The number of hydrogen-bond donors (Lipinski definition) is 3. The summed E-state index contributed by atoms with van der Waals surface area (Å²) in [4.78, 5) is 31.1. The number of allylic oxidation sites excluding steroid dienone is 5. The zero-order valence-corrected chi connectivity index (χ0v) is 24.7. The van der Waals surface area contributed by atoms with Gasteiger partial charge in [-0.15, -0.1) is 0 Å². The summed E-state index contributed by atoms with van der Waals surface area (Å²) in [5, 5.41) is 3.38. The first-order chi connectivity index (χ1) is 19.6. The Hall–Kier alpha value is -3.99. The van der Waals surface area contributed by atoms with E-state index in [9.17, 15) is 14.0 Å². The molecule has 210 valence electrons. The third-order valence-corrected chi connectivity index (χ3v) is 7.82. The summed E-state index contributed by atoms with van der Waals surface area (Å²) in [5.74, 6) is -0.148. The van der Waals surface area contributed by atoms with Crippen LogP contribution in [0.2, 0.25) is 0 Å². The molecule has 1 heterocycles. The Morgan fingerprint density at radius 1 is 1.17 bits per heavy atom. The van der Waals surface area contributed by atoms with Gasteiger partial charge < -0.3 is 21.2 Å². The van der Waals surface area contributed by atoms with Crippen molar-refractivity contribution in [2.75, 3.05) is 0 Å². The Morgan fingerprint density at radius 2 is 1.90 bits per heavy atom. The van der Waals surface area contributed by atoms with Crippen molar-refractivity contribution in [2.24, 2.45) is 16.5 Å². The van der Waals surface area contributed by atoms with Crippen molar-refractivity contribution in [3.8, 4) is 0 Å². The van der Waals surface area contributed by atoms with Gasteiger partial charge >= 0.3 is 0 Å². The van der Waals surface area contributed by atoms with E-state index in [1.165, 1.54) is 6.08 Å². The van der Waals surface area contributed by atoms with Crippen molar-refractivity contribution in [1.29, 1.82) is 0 Å². The standard InChI is InChI=1S/C32H30FIN4O3/c1-17(35)26(28(36)20-8-5-9-21(15-20)32(40)38-23-13-14-23)31(34)37-18(2)30-27(19-7-6-10-22(33)16-19)29(39)24-11-3-4-12-25(24)41-30/h3-5,7-9,11-12,15-16,18,23H,1,6,10,13-14,35-36H2,2H3,(H,38,40). The second-order valence-electron chi connectivity index (χ2n) is 10.2. The molecule has 1 saturated carbocycles. The molecule has 1 amide bonds. The highest BCUT2D eigenvalue weighted by atomic mass is 127. The lowest BCUT2D eigenvalue weighted by Crippen LogP contribution is -2.25. The Morgan fingerprint density at radius 3 is 2.61 bits per heavy atom. The molecule has 7 nitrogen and oxygen atoms in total. The van der Waals surface area contributed by atoms with Crippen LogP contribution in [-0.4, -0.2) is 15.7 Å². The van der Waals surface area contributed by atoms with Crippen molar-refractivity contribution in [3.63, 3.8) is 0 Å². The molecule has 1 aromatic heterocycles. The van der Waals surface area contributed by atoms with Crippen LogP contribution in [0.15, 0.2) is 98.6 Å². The van der Waals surface area contributed by atoms with Gasteiger partial charge in [-0.25, -0.2) is 4.39 Å². The Kier molecular flexibility index (Phi) is 8.25. The van der Waals surface area contributed by atoms with Gasteiger partial charge in [-0.05, 0) is 90.3 Å². The van der Waals surface area contributed by atoms with Crippen molar-refractivity contribution in [1.82, 2.24) is 5.32 Å². The number of aliphatic imine (C=N–C) groups is 1. The number of nitrogens with two attached hydrogens (primary N) is 2. The van der Waals surface area contributed by atoms with E-state index in [0.29, 0.717) is 61.3 Å². The molecular formula is C32H30FIN4O3. The maximum atomic E-state index is 14.3. The topological polar surface area (TPSA) is 124 Å². The number of para-hydroxylation sites is 1. The van der Waals surface area contributed by atoms with Crippen LogP contribution in [0.4, 0.5) is 4.39 Å². The van der Waals surface area contributed by atoms with Crippen molar-refractivity contribution in [2.45, 2.75) is 44.7 Å². The fraction of sp³-hybridized carbons (Fsp3) is 0.219. The predicted molar refractivity (Wildman–Crippen MR) is 170 cm³/mol. The van der Waals surface area contributed by atoms with Gasteiger partial charge in [0, 0.05) is 23.7 Å². The smallest absolute Gasteiger partial charge is 0.251 e. The van der Waals surface area contributed by atoms with Crippen LogP contribution in [0, 0.1) is 0 Å². The van der Waals surface area contributed by atoms with Crippen LogP contribution in [0.25, 0.3) is 22.2 Å². The average molecular weight is 665 g/mol. The first-order valence-corrected chi connectivity index (χ1v) is 14.4. The van der Waals surface area contributed by atoms with Gasteiger partial charge in [-0.2, -0.15) is 0 Å². The van der Waals surface area contributed by atoms with Crippen molar-refractivity contribution in [3.05, 3.63) is 117 Å². The quantitative estimate of drug-likeness (QED) is 0.145. The summed E-state index contributed by atoms with van der Waals surface area (Å²) >= 11 is 2.03. The third-order valence-electron chi connectivity index (χ3n) is 7.00. The predicted octanol–water partition coefficient (Wildman–Crippen LogP) is 6.45. The third kappa shape index (κ3) is 6.19. The minimum Gasteiger partial charge on any atom is -0.458 e. The number of halogens is 2. The molecule has 0 spiro atoms. The lowest BCUT2D eigenvalue weighted by molar-refractivity contribution is 0.0951. The number of carbonyl (C=O) groups is 1. The minimum absolute atomic E-state index is 0.159. The highest BCUT2D eigenvalue weighted by Crippen LogP contribution is 2.33. The SMILES string of the molecule is C=C(N)C(C(I)=NC(C)c1oc2ccccc2c(=O)c1C1=CCCC(F)=C1)=C(N)c1cccc(C(=O)NC2CC2)c1. The number of fused-ring (bicyclic) bond motifs is 1. The van der Waals surface area contributed by atoms with Gasteiger partial charge in [-0.3, -0.25) is 14.6 Å². The number of rotatable bonds is 8. The molecule has 0 bridgehead atoms. The maximum Gasteiger partial charge on any atom is 0.251 e. The van der Waals surface area contributed by atoms with E-state index in [4.69, 9.17) is 20.9 Å². The highest BCUT2D eigenvalue weighted by molar-refractivity contribution is 14.1. The first kappa shape index (κ1) is 28.5. The molecule has 1 atom stereocenters. The summed E-state index contributed by atoms with van der Waals surface area (Å²) in [6.45, 7) is 5.69. The number of benzene rings is 2. The second-order valence-corrected chi connectivity index (χ2v) is 11.2. The zero-order valence-electron chi connectivity index (χ0n) is 22.5. The van der Waals surface area contributed by atoms with Crippen LogP contribution in [0.3, 0.4) is 0 Å². The highest BCUT2D eigenvalue weighted by Gasteiger charge is 2.25. The molecular weight excluding hydrogens is 634 g/mol. The number of nitrogens with zero attached hydrogens (tertiary/aromatic N) is 1. The van der Waals surface area contributed by atoms with E-state index in [-0.39, 0.29) is 34.5 Å². The van der Waals surface area contributed by atoms with Gasteiger partial charge in [-0.1, -0.05) is 36.9 Å². The fourth-order valence-corrected chi connectivity index (χ4v) is 5.80. The van der Waals surface area contributed by atoms with Crippen LogP contribution < -0.4 is 22.2 Å². The molecule has 41 heavy (non-hydrogen) atoms. The monoisotopic (exact) mass is 664 g/mol. The van der Waals surface area contributed by atoms with Gasteiger partial charge in [0.2, 0.25) is 5.43 Å². The van der Waals surface area contributed by atoms with E-state index in [1.807, 2.05) is 28.7 Å². The summed E-state index contributed by atoms with van der Waals surface area (Å²) < 4.78 is 21.0. The van der Waals surface area contributed by atoms with E-state index < -0.39 is 6.04 Å². The van der Waals surface area contributed by atoms with Crippen molar-refractivity contribution >= 4 is 54.5 Å². The molecule has 1 unspecified atom stereocenters. The molecule has 2 aliphatic carbocycles. The number of hydrogen-bond acceptors (Lipinski definition) is 6. The molecule has 1 fully saturated rings. The van der Waals surface area contributed by atoms with Crippen molar-refractivity contribution < 1.29 is 13.6 Å². The van der Waals surface area contributed by atoms with E-state index in [0.717, 1.165) is 12.8 Å². The first-order valence-electron chi connectivity index (χ1n) is 13.4. The molecule has 2 aliphatic rings. The zero-order chi connectivity index (χ0) is 29.3. The summed E-state index contributed by atoms with van der Waals surface area (Å²) in [6.07, 6.45) is 5.96. The molecule has 0 saturated heterocycles. The van der Waals surface area contributed by atoms with Crippen LogP contribution in [-0.2, 0) is 0 Å². The van der Waals surface area contributed by atoms with Gasteiger partial charge in [0.05, 0.1) is 22.2 Å². The number of carbonyl (C=O) groups excluding carboxylic acids is 1. The normalized spacial score (nSPS) is 16.9. The minimum atomic E-state index is -0.661. The van der Waals surface area contributed by atoms with Gasteiger partial charge in [0.25, 0.3) is 5.91 Å². The summed E-state index contributed by atoms with van der Waals surface area (Å²) in [7, 11) is 0. The molecule has 5 rings (SSSR count). The van der Waals surface area contributed by atoms with Gasteiger partial charge in [0.15, 0.2) is 0 Å². The number of nitrogens with one attached hydrogen (secondary N) is 1. The molecule has 5 N–H and O–H groups in total.